The molecule has 1 N–H and O–H groups in total. The number of benzene rings is 2. The Hall–Kier alpha value is -2.00. The van der Waals surface area contributed by atoms with Crippen LogP contribution in [0.4, 0.5) is 5.69 Å². The predicted octanol–water partition coefficient (Wildman–Crippen LogP) is 6.22. The van der Waals surface area contributed by atoms with Crippen LogP contribution in [0.3, 0.4) is 0 Å². The smallest absolute Gasteiger partial charge is 0.243 e. The number of amides is 2. The Kier molecular flexibility index (Phi) is 12.2. The van der Waals surface area contributed by atoms with Crippen LogP contribution in [0.2, 0.25) is 15.1 Å². The third kappa shape index (κ3) is 9.04. The van der Waals surface area contributed by atoms with E-state index in [0.29, 0.717) is 32.7 Å². The monoisotopic (exact) mass is 603 g/mol. The SMILES string of the molecule is CCC(C)NC(=O)C(CC)N(Cc1ccc(Cl)cc1Cl)C(=O)CCCN(c1cc(Cl)ccc1C)S(C)(=O)=O. The van der Waals surface area contributed by atoms with Gasteiger partial charge in [-0.2, -0.15) is 0 Å². The van der Waals surface area contributed by atoms with Crippen LogP contribution in [0.15, 0.2) is 36.4 Å². The van der Waals surface area contributed by atoms with Crippen LogP contribution in [0, 0.1) is 6.92 Å². The zero-order chi connectivity index (χ0) is 28.6. The van der Waals surface area contributed by atoms with Crippen molar-refractivity contribution in [3.05, 3.63) is 62.6 Å². The van der Waals surface area contributed by atoms with Crippen molar-refractivity contribution in [2.75, 3.05) is 17.1 Å². The number of carbonyl (C=O) groups is 2. The molecule has 0 aromatic heterocycles. The molecule has 2 atom stereocenters. The zero-order valence-corrected chi connectivity index (χ0v) is 25.5. The highest BCUT2D eigenvalue weighted by Crippen LogP contribution is 2.27. The van der Waals surface area contributed by atoms with Crippen LogP contribution in [0.1, 0.15) is 57.6 Å². The van der Waals surface area contributed by atoms with E-state index in [1.54, 1.807) is 43.3 Å². The average molecular weight is 605 g/mol. The first-order valence-electron chi connectivity index (χ1n) is 12.6. The molecule has 0 aliphatic rings. The molecule has 0 heterocycles. The van der Waals surface area contributed by atoms with Crippen LogP contribution in [-0.2, 0) is 26.2 Å². The summed E-state index contributed by atoms with van der Waals surface area (Å²) in [6.07, 6.45) is 2.55. The Balaban J connectivity index is 2.30. The summed E-state index contributed by atoms with van der Waals surface area (Å²) in [7, 11) is -3.63. The van der Waals surface area contributed by atoms with Gasteiger partial charge in [-0.05, 0) is 68.5 Å². The second-order valence-corrected chi connectivity index (χ2v) is 12.6. The van der Waals surface area contributed by atoms with Crippen LogP contribution in [0.25, 0.3) is 0 Å². The predicted molar refractivity (Wildman–Crippen MR) is 157 cm³/mol. The fourth-order valence-electron chi connectivity index (χ4n) is 4.03. The van der Waals surface area contributed by atoms with Crippen molar-refractivity contribution < 1.29 is 18.0 Å². The van der Waals surface area contributed by atoms with Crippen molar-refractivity contribution >= 4 is 62.3 Å². The van der Waals surface area contributed by atoms with Gasteiger partial charge in [-0.25, -0.2) is 8.42 Å². The van der Waals surface area contributed by atoms with E-state index in [2.05, 4.69) is 5.32 Å². The molecule has 210 valence electrons. The van der Waals surface area contributed by atoms with E-state index in [-0.39, 0.29) is 43.8 Å². The van der Waals surface area contributed by atoms with Gasteiger partial charge in [-0.15, -0.1) is 0 Å². The first-order valence-corrected chi connectivity index (χ1v) is 15.5. The highest BCUT2D eigenvalue weighted by molar-refractivity contribution is 7.92. The van der Waals surface area contributed by atoms with E-state index >= 15 is 0 Å². The molecule has 0 spiro atoms. The molecule has 0 saturated carbocycles. The third-order valence-electron chi connectivity index (χ3n) is 6.33. The molecule has 2 aromatic rings. The maximum atomic E-state index is 13.6. The van der Waals surface area contributed by atoms with Gasteiger partial charge < -0.3 is 10.2 Å². The van der Waals surface area contributed by atoms with Gasteiger partial charge in [-0.1, -0.05) is 60.8 Å². The number of halogens is 3. The number of sulfonamides is 1. The van der Waals surface area contributed by atoms with Gasteiger partial charge in [-0.3, -0.25) is 13.9 Å². The van der Waals surface area contributed by atoms with Gasteiger partial charge in [0.05, 0.1) is 11.9 Å². The van der Waals surface area contributed by atoms with Crippen LogP contribution in [-0.4, -0.2) is 50.0 Å². The Morgan fingerprint density at radius 3 is 2.21 bits per heavy atom. The largest absolute Gasteiger partial charge is 0.352 e. The summed E-state index contributed by atoms with van der Waals surface area (Å²) in [5.41, 5.74) is 1.88. The van der Waals surface area contributed by atoms with E-state index < -0.39 is 16.1 Å². The topological polar surface area (TPSA) is 86.8 Å². The normalized spacial score (nSPS) is 13.1. The van der Waals surface area contributed by atoms with Crippen molar-refractivity contribution in [2.45, 2.75) is 72.0 Å². The molecule has 2 unspecified atom stereocenters. The first-order chi connectivity index (χ1) is 17.8. The van der Waals surface area contributed by atoms with Gasteiger partial charge in [0, 0.05) is 40.6 Å². The maximum Gasteiger partial charge on any atom is 0.243 e. The fourth-order valence-corrected chi connectivity index (χ4v) is 5.68. The lowest BCUT2D eigenvalue weighted by molar-refractivity contribution is -0.141. The standard InChI is InChI=1S/C27H36Cl3N3O4S/c1-6-19(4)31-27(35)24(7-2)32(17-20-11-13-21(28)15-23(20)30)26(34)9-8-14-33(38(5,36)37)25-16-22(29)12-10-18(25)3/h10-13,15-16,19,24H,6-9,14,17H2,1-5H3,(H,31,35). The molecule has 2 rings (SSSR count). The van der Waals surface area contributed by atoms with Crippen LogP contribution >= 0.6 is 34.8 Å². The molecule has 0 fully saturated rings. The Bertz CT molecular complexity index is 1240. The number of rotatable bonds is 13. The Morgan fingerprint density at radius 2 is 1.63 bits per heavy atom. The maximum absolute atomic E-state index is 13.6. The summed E-state index contributed by atoms with van der Waals surface area (Å²) in [5, 5.41) is 4.25. The summed E-state index contributed by atoms with van der Waals surface area (Å²) in [4.78, 5) is 28.2. The first kappa shape index (κ1) is 32.2. The van der Waals surface area contributed by atoms with Gasteiger partial charge in [0.2, 0.25) is 21.8 Å². The number of aryl methyl sites for hydroxylation is 1. The number of anilines is 1. The van der Waals surface area contributed by atoms with E-state index in [0.717, 1.165) is 18.2 Å². The number of nitrogens with zero attached hydrogens (tertiary/aromatic N) is 2. The molecule has 0 aliphatic carbocycles. The highest BCUT2D eigenvalue weighted by Gasteiger charge is 2.30. The minimum Gasteiger partial charge on any atom is -0.352 e. The molecule has 38 heavy (non-hydrogen) atoms. The van der Waals surface area contributed by atoms with Crippen molar-refractivity contribution in [2.24, 2.45) is 0 Å². The second kappa shape index (κ2) is 14.4. The molecule has 0 saturated heterocycles. The molecule has 2 aromatic carbocycles. The lowest BCUT2D eigenvalue weighted by Crippen LogP contribution is -2.50. The zero-order valence-electron chi connectivity index (χ0n) is 22.4. The van der Waals surface area contributed by atoms with Crippen LogP contribution in [0.5, 0.6) is 0 Å². The third-order valence-corrected chi connectivity index (χ3v) is 8.34. The summed E-state index contributed by atoms with van der Waals surface area (Å²) in [6.45, 7) is 7.72. The highest BCUT2D eigenvalue weighted by atomic mass is 35.5. The molecule has 2 amide bonds. The molecule has 11 heteroatoms. The molecular weight excluding hydrogens is 569 g/mol. The van der Waals surface area contributed by atoms with E-state index in [9.17, 15) is 18.0 Å². The second-order valence-electron chi connectivity index (χ2n) is 9.37. The van der Waals surface area contributed by atoms with Gasteiger partial charge in [0.15, 0.2) is 0 Å². The quantitative estimate of drug-likeness (QED) is 0.294. The van der Waals surface area contributed by atoms with Crippen LogP contribution < -0.4 is 9.62 Å². The van der Waals surface area contributed by atoms with Crippen molar-refractivity contribution in [1.82, 2.24) is 10.2 Å². The molecule has 0 aliphatic heterocycles. The van der Waals surface area contributed by atoms with E-state index in [4.69, 9.17) is 34.8 Å². The van der Waals surface area contributed by atoms with Gasteiger partial charge >= 0.3 is 0 Å². The lowest BCUT2D eigenvalue weighted by atomic mass is 10.1. The van der Waals surface area contributed by atoms with Gasteiger partial charge in [0.25, 0.3) is 0 Å². The number of nitrogens with one attached hydrogen (secondary N) is 1. The lowest BCUT2D eigenvalue weighted by Gasteiger charge is -2.32. The van der Waals surface area contributed by atoms with Crippen molar-refractivity contribution in [1.29, 1.82) is 0 Å². The van der Waals surface area contributed by atoms with Gasteiger partial charge in [0.1, 0.15) is 6.04 Å². The van der Waals surface area contributed by atoms with E-state index in [1.165, 1.54) is 9.21 Å². The summed E-state index contributed by atoms with van der Waals surface area (Å²) < 4.78 is 26.4. The summed E-state index contributed by atoms with van der Waals surface area (Å²) in [5.74, 6) is -0.522. The number of hydrogen-bond donors (Lipinski definition) is 1. The summed E-state index contributed by atoms with van der Waals surface area (Å²) in [6, 6.07) is 9.29. The summed E-state index contributed by atoms with van der Waals surface area (Å²) >= 11 is 18.6. The van der Waals surface area contributed by atoms with Crippen molar-refractivity contribution in [3.63, 3.8) is 0 Å². The molecule has 7 nitrogen and oxygen atoms in total. The Morgan fingerprint density at radius 1 is 1.00 bits per heavy atom. The minimum absolute atomic E-state index is 0.0317. The number of carbonyl (C=O) groups excluding carboxylic acids is 2. The van der Waals surface area contributed by atoms with E-state index in [1.807, 2.05) is 20.8 Å². The molecular formula is C27H36Cl3N3O4S. The minimum atomic E-state index is -3.63. The van der Waals surface area contributed by atoms with Crippen molar-refractivity contribution in [3.8, 4) is 0 Å². The Labute approximate surface area is 241 Å². The molecule has 0 bridgehead atoms. The molecule has 0 radical (unpaired) electrons. The fraction of sp³-hybridized carbons (Fsp3) is 0.481. The number of hydrogen-bond acceptors (Lipinski definition) is 4. The average Bonchev–Trinajstić information content (AvgIpc) is 2.83.